The van der Waals surface area contributed by atoms with E-state index in [1.165, 1.54) is 13.8 Å². The molecule has 116 valence electrons. The Morgan fingerprint density at radius 2 is 2.00 bits per heavy atom. The number of carboxylic acid groups (broad SMARTS) is 1. The molecule has 1 saturated heterocycles. The minimum absolute atomic E-state index is 0.510. The zero-order valence-corrected chi connectivity index (χ0v) is 11.1. The Kier molecular flexibility index (Phi) is 5.84. The number of aliphatic hydroxyl groups excluding tert-OH is 3. The van der Waals surface area contributed by atoms with Crippen molar-refractivity contribution in [3.63, 3.8) is 0 Å². The predicted octanol–water partition coefficient (Wildman–Crippen LogP) is -2.58. The highest BCUT2D eigenvalue weighted by molar-refractivity contribution is 5.73. The van der Waals surface area contributed by atoms with Gasteiger partial charge in [0.2, 0.25) is 5.91 Å². The second kappa shape index (κ2) is 6.95. The molecule has 0 aliphatic carbocycles. The highest BCUT2D eigenvalue weighted by Gasteiger charge is 2.46. The standard InChI is InChI=1S/C11H19NO8/c1-4(10(16)17)19-9-7(12-5(2)14)11(18)20-6(3-13)8(9)15/h4,6-9,11,13,15,18H,3H2,1-2H3,(H,12,14)(H,16,17)/t4?,6?,7?,8-,9?,11-/m1/s1. The topological polar surface area (TPSA) is 146 Å². The van der Waals surface area contributed by atoms with Crippen molar-refractivity contribution in [2.45, 2.75) is 50.6 Å². The maximum atomic E-state index is 11.1. The van der Waals surface area contributed by atoms with Crippen LogP contribution in [0.15, 0.2) is 0 Å². The van der Waals surface area contributed by atoms with Crippen LogP contribution in [-0.2, 0) is 19.1 Å². The van der Waals surface area contributed by atoms with Crippen LogP contribution in [0.25, 0.3) is 0 Å². The maximum Gasteiger partial charge on any atom is 0.332 e. The highest BCUT2D eigenvalue weighted by atomic mass is 16.6. The molecule has 9 heteroatoms. The lowest BCUT2D eigenvalue weighted by atomic mass is 9.96. The molecule has 20 heavy (non-hydrogen) atoms. The molecular formula is C11H19NO8. The highest BCUT2D eigenvalue weighted by Crippen LogP contribution is 2.23. The van der Waals surface area contributed by atoms with Gasteiger partial charge >= 0.3 is 5.97 Å². The van der Waals surface area contributed by atoms with E-state index in [1.54, 1.807) is 0 Å². The van der Waals surface area contributed by atoms with Crippen molar-refractivity contribution >= 4 is 11.9 Å². The Bertz CT molecular complexity index is 362. The van der Waals surface area contributed by atoms with E-state index in [-0.39, 0.29) is 0 Å². The van der Waals surface area contributed by atoms with Gasteiger partial charge in [-0.1, -0.05) is 0 Å². The van der Waals surface area contributed by atoms with Crippen LogP contribution < -0.4 is 5.32 Å². The molecule has 0 saturated carbocycles. The molecule has 1 amide bonds. The van der Waals surface area contributed by atoms with Gasteiger partial charge in [-0.05, 0) is 6.92 Å². The summed E-state index contributed by atoms with van der Waals surface area (Å²) in [6.07, 6.45) is -6.57. The van der Waals surface area contributed by atoms with Gasteiger partial charge < -0.3 is 35.2 Å². The average Bonchev–Trinajstić information content (AvgIpc) is 2.36. The van der Waals surface area contributed by atoms with E-state index in [9.17, 15) is 19.8 Å². The number of carbonyl (C=O) groups excluding carboxylic acids is 1. The molecular weight excluding hydrogens is 274 g/mol. The van der Waals surface area contributed by atoms with Gasteiger partial charge in [-0.3, -0.25) is 4.79 Å². The number of aliphatic carboxylic acids is 1. The van der Waals surface area contributed by atoms with Crippen molar-refractivity contribution in [3.05, 3.63) is 0 Å². The van der Waals surface area contributed by atoms with Gasteiger partial charge in [0.05, 0.1) is 6.61 Å². The van der Waals surface area contributed by atoms with Crippen molar-refractivity contribution in [1.82, 2.24) is 5.32 Å². The lowest BCUT2D eigenvalue weighted by Gasteiger charge is -2.42. The van der Waals surface area contributed by atoms with Gasteiger partial charge in [-0.25, -0.2) is 4.79 Å². The minimum Gasteiger partial charge on any atom is -0.479 e. The number of aliphatic hydroxyl groups is 3. The largest absolute Gasteiger partial charge is 0.479 e. The molecule has 0 bridgehead atoms. The van der Waals surface area contributed by atoms with Crippen molar-refractivity contribution in [1.29, 1.82) is 0 Å². The molecule has 4 unspecified atom stereocenters. The third kappa shape index (κ3) is 3.87. The first-order chi connectivity index (χ1) is 9.27. The SMILES string of the molecule is CC(=O)NC1C(OC(C)C(=O)O)[C@H](O)C(CO)O[C@H]1O. The van der Waals surface area contributed by atoms with Gasteiger partial charge in [-0.15, -0.1) is 0 Å². The Labute approximate surface area is 115 Å². The van der Waals surface area contributed by atoms with Crippen molar-refractivity contribution in [2.24, 2.45) is 0 Å². The van der Waals surface area contributed by atoms with Crippen LogP contribution >= 0.6 is 0 Å². The molecule has 0 radical (unpaired) electrons. The zero-order valence-electron chi connectivity index (χ0n) is 11.1. The molecule has 1 aliphatic rings. The Hall–Kier alpha value is -1.26. The Morgan fingerprint density at radius 1 is 1.40 bits per heavy atom. The van der Waals surface area contributed by atoms with Gasteiger partial charge in [0, 0.05) is 6.92 Å². The second-order valence-electron chi connectivity index (χ2n) is 4.55. The van der Waals surface area contributed by atoms with E-state index < -0.39 is 55.2 Å². The summed E-state index contributed by atoms with van der Waals surface area (Å²) in [5.41, 5.74) is 0. The normalized spacial score (nSPS) is 35.4. The number of carbonyl (C=O) groups is 2. The van der Waals surface area contributed by atoms with E-state index >= 15 is 0 Å². The van der Waals surface area contributed by atoms with Crippen LogP contribution in [0.4, 0.5) is 0 Å². The monoisotopic (exact) mass is 293 g/mol. The number of rotatable bonds is 5. The first-order valence-electron chi connectivity index (χ1n) is 6.05. The van der Waals surface area contributed by atoms with Crippen LogP contribution in [0.5, 0.6) is 0 Å². The zero-order chi connectivity index (χ0) is 15.4. The predicted molar refractivity (Wildman–Crippen MR) is 63.5 cm³/mol. The molecule has 1 fully saturated rings. The molecule has 1 rings (SSSR count). The van der Waals surface area contributed by atoms with E-state index in [2.05, 4.69) is 5.32 Å². The summed E-state index contributed by atoms with van der Waals surface area (Å²) in [6.45, 7) is 1.84. The lowest BCUT2D eigenvalue weighted by molar-refractivity contribution is -0.267. The number of hydrogen-bond donors (Lipinski definition) is 5. The number of ether oxygens (including phenoxy) is 2. The molecule has 9 nitrogen and oxygen atoms in total. The van der Waals surface area contributed by atoms with E-state index in [0.29, 0.717) is 0 Å². The summed E-state index contributed by atoms with van der Waals surface area (Å²) < 4.78 is 10.1. The molecule has 5 N–H and O–H groups in total. The Balaban J connectivity index is 2.92. The fourth-order valence-electron chi connectivity index (χ4n) is 1.93. The Morgan fingerprint density at radius 3 is 2.45 bits per heavy atom. The summed E-state index contributed by atoms with van der Waals surface area (Å²) >= 11 is 0. The lowest BCUT2D eigenvalue weighted by Crippen LogP contribution is -2.65. The maximum absolute atomic E-state index is 11.1. The van der Waals surface area contributed by atoms with Gasteiger partial charge in [0.15, 0.2) is 12.4 Å². The van der Waals surface area contributed by atoms with Crippen molar-refractivity contribution < 1.29 is 39.5 Å². The van der Waals surface area contributed by atoms with E-state index in [4.69, 9.17) is 19.7 Å². The number of amides is 1. The van der Waals surface area contributed by atoms with Gasteiger partial charge in [-0.2, -0.15) is 0 Å². The molecule has 1 aliphatic heterocycles. The fraction of sp³-hybridized carbons (Fsp3) is 0.818. The van der Waals surface area contributed by atoms with Crippen molar-refractivity contribution in [2.75, 3.05) is 6.61 Å². The molecule has 0 aromatic rings. The fourth-order valence-corrected chi connectivity index (χ4v) is 1.93. The third-order valence-corrected chi connectivity index (χ3v) is 2.95. The summed E-state index contributed by atoms with van der Waals surface area (Å²) in [6, 6.07) is -1.15. The van der Waals surface area contributed by atoms with Crippen LogP contribution in [0, 0.1) is 0 Å². The smallest absolute Gasteiger partial charge is 0.332 e. The van der Waals surface area contributed by atoms with Crippen molar-refractivity contribution in [3.8, 4) is 0 Å². The first kappa shape index (κ1) is 16.8. The van der Waals surface area contributed by atoms with E-state index in [1.807, 2.05) is 0 Å². The van der Waals surface area contributed by atoms with Crippen LogP contribution in [0.3, 0.4) is 0 Å². The third-order valence-electron chi connectivity index (χ3n) is 2.95. The summed E-state index contributed by atoms with van der Waals surface area (Å²) in [5, 5.41) is 40.0. The molecule has 1 heterocycles. The summed E-state index contributed by atoms with van der Waals surface area (Å²) in [7, 11) is 0. The van der Waals surface area contributed by atoms with Crippen LogP contribution in [-0.4, -0.2) is 75.7 Å². The number of nitrogens with one attached hydrogen (secondary N) is 1. The molecule has 0 aromatic heterocycles. The summed E-state index contributed by atoms with van der Waals surface area (Å²) in [5.74, 6) is -1.77. The number of hydrogen-bond acceptors (Lipinski definition) is 7. The molecule has 0 aromatic carbocycles. The molecule has 6 atom stereocenters. The van der Waals surface area contributed by atoms with Gasteiger partial charge in [0.25, 0.3) is 0 Å². The molecule has 0 spiro atoms. The summed E-state index contributed by atoms with van der Waals surface area (Å²) in [4.78, 5) is 21.9. The van der Waals surface area contributed by atoms with Gasteiger partial charge in [0.1, 0.15) is 24.4 Å². The van der Waals surface area contributed by atoms with E-state index in [0.717, 1.165) is 0 Å². The second-order valence-corrected chi connectivity index (χ2v) is 4.55. The minimum atomic E-state index is -1.54. The number of carboxylic acids is 1. The quantitative estimate of drug-likeness (QED) is 0.371. The van der Waals surface area contributed by atoms with Crippen LogP contribution in [0.1, 0.15) is 13.8 Å². The average molecular weight is 293 g/mol. The first-order valence-corrected chi connectivity index (χ1v) is 6.05. The van der Waals surface area contributed by atoms with Crippen LogP contribution in [0.2, 0.25) is 0 Å².